The predicted octanol–water partition coefficient (Wildman–Crippen LogP) is 3.22. The Labute approximate surface area is 133 Å². The highest BCUT2D eigenvalue weighted by molar-refractivity contribution is 7.80. The van der Waals surface area contributed by atoms with Crippen LogP contribution in [0.15, 0.2) is 59.4 Å². The monoisotopic (exact) mass is 309 g/mol. The number of benzene rings is 2. The van der Waals surface area contributed by atoms with Gasteiger partial charge in [0, 0.05) is 17.1 Å². The summed E-state index contributed by atoms with van der Waals surface area (Å²) >= 11 is 5.21. The number of aryl methyl sites for hydroxylation is 1. The van der Waals surface area contributed by atoms with Crippen molar-refractivity contribution in [2.75, 3.05) is 4.90 Å². The minimum Gasteiger partial charge on any atom is -0.376 e. The lowest BCUT2D eigenvalue weighted by Crippen LogP contribution is -2.32. The number of aromatic amines is 1. The number of hydrogen-bond donors (Lipinski definition) is 2. The van der Waals surface area contributed by atoms with Gasteiger partial charge in [-0.25, -0.2) is 0 Å². The third-order valence-electron chi connectivity index (χ3n) is 3.45. The topological polar surface area (TPSA) is 62.1 Å². The van der Waals surface area contributed by atoms with E-state index in [4.69, 9.17) is 18.0 Å². The number of hydrogen-bond acceptors (Lipinski definition) is 2. The number of aromatic nitrogens is 1. The molecule has 0 radical (unpaired) electrons. The largest absolute Gasteiger partial charge is 0.376 e. The molecular weight excluding hydrogens is 294 g/mol. The van der Waals surface area contributed by atoms with E-state index in [2.05, 4.69) is 4.98 Å². The van der Waals surface area contributed by atoms with E-state index in [0.29, 0.717) is 5.69 Å². The lowest BCUT2D eigenvalue weighted by molar-refractivity contribution is 1.27. The van der Waals surface area contributed by atoms with Crippen LogP contribution in [0.4, 0.5) is 11.4 Å². The molecule has 1 aromatic heterocycles. The van der Waals surface area contributed by atoms with Gasteiger partial charge < -0.3 is 10.7 Å². The fourth-order valence-electron chi connectivity index (χ4n) is 2.50. The number of anilines is 2. The molecule has 1 heterocycles. The van der Waals surface area contributed by atoms with E-state index in [1.54, 1.807) is 4.90 Å². The molecule has 3 aromatic rings. The summed E-state index contributed by atoms with van der Waals surface area (Å²) in [6.45, 7) is 2.00. The molecule has 2 aromatic carbocycles. The molecule has 0 saturated carbocycles. The van der Waals surface area contributed by atoms with E-state index in [-0.39, 0.29) is 10.7 Å². The smallest absolute Gasteiger partial charge is 0.250 e. The first-order valence-electron chi connectivity index (χ1n) is 6.84. The van der Waals surface area contributed by atoms with E-state index >= 15 is 0 Å². The van der Waals surface area contributed by atoms with Gasteiger partial charge in [0.05, 0.1) is 11.2 Å². The van der Waals surface area contributed by atoms with Gasteiger partial charge in [-0.15, -0.1) is 0 Å². The first-order chi connectivity index (χ1) is 10.6. The van der Waals surface area contributed by atoms with Crippen LogP contribution >= 0.6 is 12.2 Å². The summed E-state index contributed by atoms with van der Waals surface area (Å²) in [4.78, 5) is 16.5. The van der Waals surface area contributed by atoms with Crippen LogP contribution in [0.3, 0.4) is 0 Å². The number of rotatable bonds is 2. The average molecular weight is 309 g/mol. The number of para-hydroxylation sites is 1. The molecule has 110 valence electrons. The van der Waals surface area contributed by atoms with Crippen LogP contribution in [-0.2, 0) is 0 Å². The van der Waals surface area contributed by atoms with Crippen molar-refractivity contribution in [3.05, 3.63) is 70.5 Å². The van der Waals surface area contributed by atoms with Gasteiger partial charge in [0.25, 0.3) is 5.56 Å². The van der Waals surface area contributed by atoms with Gasteiger partial charge >= 0.3 is 0 Å². The first-order valence-corrected chi connectivity index (χ1v) is 7.25. The number of nitrogens with two attached hydrogens (primary N) is 1. The number of pyridine rings is 1. The van der Waals surface area contributed by atoms with Crippen LogP contribution in [0.25, 0.3) is 10.9 Å². The summed E-state index contributed by atoms with van der Waals surface area (Å²) in [6, 6.07) is 16.9. The van der Waals surface area contributed by atoms with E-state index in [9.17, 15) is 4.79 Å². The Hall–Kier alpha value is -2.66. The molecular formula is C17H15N3OS. The highest BCUT2D eigenvalue weighted by Gasteiger charge is 2.16. The van der Waals surface area contributed by atoms with Crippen molar-refractivity contribution in [2.45, 2.75) is 6.92 Å². The number of fused-ring (bicyclic) bond motifs is 1. The van der Waals surface area contributed by atoms with Crippen molar-refractivity contribution in [1.82, 2.24) is 4.98 Å². The summed E-state index contributed by atoms with van der Waals surface area (Å²) < 4.78 is 0. The Balaban J connectivity index is 2.33. The normalized spacial score (nSPS) is 10.6. The summed E-state index contributed by atoms with van der Waals surface area (Å²) in [5, 5.41) is 1.09. The molecule has 5 heteroatoms. The molecule has 0 unspecified atom stereocenters. The average Bonchev–Trinajstić information content (AvgIpc) is 2.49. The molecule has 22 heavy (non-hydrogen) atoms. The Bertz CT molecular complexity index is 903. The van der Waals surface area contributed by atoms with Crippen LogP contribution in [-0.4, -0.2) is 10.1 Å². The second kappa shape index (κ2) is 5.61. The number of nitrogens with zero attached hydrogens (tertiary/aromatic N) is 1. The van der Waals surface area contributed by atoms with Crippen LogP contribution in [0, 0.1) is 6.92 Å². The lowest BCUT2D eigenvalue weighted by atomic mass is 10.1. The van der Waals surface area contributed by atoms with Crippen molar-refractivity contribution < 1.29 is 0 Å². The fraction of sp³-hybridized carbons (Fsp3) is 0.0588. The first kappa shape index (κ1) is 14.3. The predicted molar refractivity (Wildman–Crippen MR) is 94.7 cm³/mol. The summed E-state index contributed by atoms with van der Waals surface area (Å²) in [5.74, 6) is 0. The Morgan fingerprint density at radius 3 is 2.55 bits per heavy atom. The maximum Gasteiger partial charge on any atom is 0.250 e. The van der Waals surface area contributed by atoms with Crippen molar-refractivity contribution >= 4 is 39.6 Å². The number of thiocarbonyl (C=S) groups is 1. The van der Waals surface area contributed by atoms with Gasteiger partial charge in [0.1, 0.15) is 0 Å². The molecule has 0 aliphatic carbocycles. The standard InChI is InChI=1S/C17H15N3OS/c1-11-7-8-14-13(9-11)15(10-16(21)19-14)20(17(18)22)12-5-3-2-4-6-12/h2-10H,1H3,(H2,18,22)(H,19,21). The summed E-state index contributed by atoms with van der Waals surface area (Å²) in [7, 11) is 0. The molecule has 0 fully saturated rings. The Morgan fingerprint density at radius 1 is 1.14 bits per heavy atom. The van der Waals surface area contributed by atoms with E-state index in [1.165, 1.54) is 6.07 Å². The second-order valence-electron chi connectivity index (χ2n) is 5.08. The molecule has 4 nitrogen and oxygen atoms in total. The lowest BCUT2D eigenvalue weighted by Gasteiger charge is -2.24. The van der Waals surface area contributed by atoms with Gasteiger partial charge in [-0.05, 0) is 43.4 Å². The van der Waals surface area contributed by atoms with Crippen molar-refractivity contribution in [1.29, 1.82) is 0 Å². The van der Waals surface area contributed by atoms with Crippen LogP contribution in [0.1, 0.15) is 5.56 Å². The number of nitrogens with one attached hydrogen (secondary N) is 1. The third kappa shape index (κ3) is 2.58. The second-order valence-corrected chi connectivity index (χ2v) is 5.50. The van der Waals surface area contributed by atoms with Crippen molar-refractivity contribution in [3.8, 4) is 0 Å². The molecule has 0 spiro atoms. The molecule has 3 N–H and O–H groups in total. The summed E-state index contributed by atoms with van der Waals surface area (Å²) in [6.07, 6.45) is 0. The minimum absolute atomic E-state index is 0.191. The van der Waals surface area contributed by atoms with Gasteiger partial charge in [0.2, 0.25) is 0 Å². The van der Waals surface area contributed by atoms with Gasteiger partial charge in [0.15, 0.2) is 5.11 Å². The van der Waals surface area contributed by atoms with Gasteiger partial charge in [-0.1, -0.05) is 29.8 Å². The highest BCUT2D eigenvalue weighted by atomic mass is 32.1. The van der Waals surface area contributed by atoms with Crippen LogP contribution in [0.5, 0.6) is 0 Å². The fourth-order valence-corrected chi connectivity index (χ4v) is 2.70. The molecule has 0 amide bonds. The molecule has 0 bridgehead atoms. The molecule has 3 rings (SSSR count). The van der Waals surface area contributed by atoms with Crippen LogP contribution in [0.2, 0.25) is 0 Å². The van der Waals surface area contributed by atoms with Gasteiger partial charge in [-0.3, -0.25) is 9.69 Å². The molecule has 0 aliphatic rings. The highest BCUT2D eigenvalue weighted by Crippen LogP contribution is 2.30. The molecule has 0 saturated heterocycles. The zero-order valence-corrected chi connectivity index (χ0v) is 12.9. The summed E-state index contributed by atoms with van der Waals surface area (Å²) in [5.41, 5.74) is 9.09. The quantitative estimate of drug-likeness (QED) is 0.714. The van der Waals surface area contributed by atoms with E-state index in [0.717, 1.165) is 22.2 Å². The Kier molecular flexibility index (Phi) is 3.65. The maximum absolute atomic E-state index is 12.0. The maximum atomic E-state index is 12.0. The van der Waals surface area contributed by atoms with Gasteiger partial charge in [-0.2, -0.15) is 0 Å². The zero-order valence-electron chi connectivity index (χ0n) is 12.0. The van der Waals surface area contributed by atoms with Crippen LogP contribution < -0.4 is 16.2 Å². The van der Waals surface area contributed by atoms with E-state index in [1.807, 2.05) is 55.5 Å². The minimum atomic E-state index is -0.191. The molecule has 0 atom stereocenters. The third-order valence-corrected chi connectivity index (χ3v) is 3.63. The number of H-pyrrole nitrogens is 1. The SMILES string of the molecule is Cc1ccc2[nH]c(=O)cc(N(C(N)=S)c3ccccc3)c2c1. The Morgan fingerprint density at radius 2 is 1.86 bits per heavy atom. The zero-order chi connectivity index (χ0) is 15.7. The molecule has 0 aliphatic heterocycles. The van der Waals surface area contributed by atoms with Crippen molar-refractivity contribution in [2.24, 2.45) is 5.73 Å². The van der Waals surface area contributed by atoms with E-state index < -0.39 is 0 Å². The van der Waals surface area contributed by atoms with Crippen molar-refractivity contribution in [3.63, 3.8) is 0 Å².